The third kappa shape index (κ3) is 3.00. The Morgan fingerprint density at radius 2 is 1.90 bits per heavy atom. The Balaban J connectivity index is 1.42. The van der Waals surface area contributed by atoms with Crippen molar-refractivity contribution in [3.05, 3.63) is 5.56 Å². The van der Waals surface area contributed by atoms with Gasteiger partial charge in [0.2, 0.25) is 0 Å². The van der Waals surface area contributed by atoms with Crippen LogP contribution in [0.3, 0.4) is 0 Å². The summed E-state index contributed by atoms with van der Waals surface area (Å²) in [5, 5.41) is 7.31. The molecule has 1 heterocycles. The van der Waals surface area contributed by atoms with Crippen molar-refractivity contribution in [2.45, 2.75) is 44.6 Å². The summed E-state index contributed by atoms with van der Waals surface area (Å²) in [7, 11) is 0. The van der Waals surface area contributed by atoms with E-state index in [4.69, 9.17) is 5.73 Å². The maximum absolute atomic E-state index is 12.3. The number of anilines is 2. The molecule has 3 fully saturated rings. The van der Waals surface area contributed by atoms with E-state index in [1.807, 2.05) is 0 Å². The summed E-state index contributed by atoms with van der Waals surface area (Å²) in [4.78, 5) is 12.3. The van der Waals surface area contributed by atoms with Crippen LogP contribution in [0.4, 0.5) is 10.8 Å². The Morgan fingerprint density at radius 1 is 1.24 bits per heavy atom. The number of aromatic nitrogens is 1. The van der Waals surface area contributed by atoms with E-state index in [1.165, 1.54) is 37.2 Å². The number of nitrogens with two attached hydrogens (primary N) is 1. The van der Waals surface area contributed by atoms with Crippen molar-refractivity contribution in [1.82, 2.24) is 9.69 Å². The number of hydrogen-bond acceptors (Lipinski definition) is 5. The molecule has 3 saturated carbocycles. The molecular weight excluding hydrogens is 284 g/mol. The van der Waals surface area contributed by atoms with Crippen LogP contribution in [0, 0.1) is 17.8 Å². The van der Waals surface area contributed by atoms with Gasteiger partial charge in [-0.1, -0.05) is 0 Å². The Hall–Kier alpha value is -1.30. The quantitative estimate of drug-likeness (QED) is 0.723. The molecule has 0 atom stereocenters. The van der Waals surface area contributed by atoms with Gasteiger partial charge in [0, 0.05) is 12.6 Å². The van der Waals surface area contributed by atoms with E-state index in [-0.39, 0.29) is 5.91 Å². The lowest BCUT2D eigenvalue weighted by Crippen LogP contribution is -2.27. The van der Waals surface area contributed by atoms with Gasteiger partial charge in [-0.15, -0.1) is 0 Å². The number of rotatable bonds is 7. The topological polar surface area (TPSA) is 80.0 Å². The number of carbonyl (C=O) groups excluding carboxylic acids is 1. The fraction of sp³-hybridized carbons (Fsp3) is 0.733. The summed E-state index contributed by atoms with van der Waals surface area (Å²) in [6.07, 6.45) is 7.67. The number of nitrogen functional groups attached to an aromatic ring is 1. The van der Waals surface area contributed by atoms with Gasteiger partial charge in [0.1, 0.15) is 10.6 Å². The lowest BCUT2D eigenvalue weighted by Gasteiger charge is -2.16. The van der Waals surface area contributed by atoms with Gasteiger partial charge in [-0.05, 0) is 67.8 Å². The average Bonchev–Trinajstić information content (AvgIpc) is 3.31. The lowest BCUT2D eigenvalue weighted by atomic mass is 9.98. The number of carbonyl (C=O) groups is 1. The Labute approximate surface area is 128 Å². The van der Waals surface area contributed by atoms with E-state index in [2.05, 4.69) is 15.0 Å². The normalized spacial score (nSPS) is 21.6. The summed E-state index contributed by atoms with van der Waals surface area (Å²) in [6.45, 7) is 0.959. The van der Waals surface area contributed by atoms with E-state index in [0.29, 0.717) is 17.4 Å². The van der Waals surface area contributed by atoms with Gasteiger partial charge in [0.15, 0.2) is 5.82 Å². The predicted molar refractivity (Wildman–Crippen MR) is 84.4 cm³/mol. The van der Waals surface area contributed by atoms with Gasteiger partial charge in [0.05, 0.1) is 0 Å². The molecule has 6 heteroatoms. The zero-order valence-electron chi connectivity index (χ0n) is 12.1. The van der Waals surface area contributed by atoms with Crippen LogP contribution in [-0.4, -0.2) is 22.9 Å². The monoisotopic (exact) mass is 306 g/mol. The van der Waals surface area contributed by atoms with Crippen molar-refractivity contribution in [3.8, 4) is 0 Å². The first kappa shape index (κ1) is 13.4. The highest BCUT2D eigenvalue weighted by atomic mass is 32.1. The standard InChI is InChI=1S/C15H22N4OS/c16-13-12(14(20)18-10-5-6-10)15(21-19-13)17-7-11(8-1-2-8)9-3-4-9/h8-11,17H,1-7H2,(H2,16,19)(H,18,20). The Morgan fingerprint density at radius 3 is 2.48 bits per heavy atom. The van der Waals surface area contributed by atoms with Crippen LogP contribution in [0.25, 0.3) is 0 Å². The largest absolute Gasteiger partial charge is 0.382 e. The highest BCUT2D eigenvalue weighted by Crippen LogP contribution is 2.49. The highest BCUT2D eigenvalue weighted by molar-refractivity contribution is 7.11. The molecule has 0 spiro atoms. The van der Waals surface area contributed by atoms with Crippen LogP contribution in [-0.2, 0) is 0 Å². The second-order valence-corrected chi connectivity index (χ2v) is 7.51. The van der Waals surface area contributed by atoms with Crippen molar-refractivity contribution in [2.75, 3.05) is 17.6 Å². The molecule has 3 aliphatic rings. The van der Waals surface area contributed by atoms with Crippen LogP contribution in [0.1, 0.15) is 48.9 Å². The number of amides is 1. The van der Waals surface area contributed by atoms with E-state index < -0.39 is 0 Å². The molecule has 0 aliphatic heterocycles. The molecule has 4 N–H and O–H groups in total. The molecule has 5 nitrogen and oxygen atoms in total. The minimum absolute atomic E-state index is 0.0688. The van der Waals surface area contributed by atoms with E-state index in [1.54, 1.807) is 0 Å². The molecule has 0 bridgehead atoms. The fourth-order valence-corrected chi connectivity index (χ4v) is 3.82. The summed E-state index contributed by atoms with van der Waals surface area (Å²) in [5.41, 5.74) is 6.44. The summed E-state index contributed by atoms with van der Waals surface area (Å²) >= 11 is 1.31. The first-order chi connectivity index (χ1) is 10.2. The molecule has 0 saturated heterocycles. The van der Waals surface area contributed by atoms with Gasteiger partial charge in [-0.25, -0.2) is 0 Å². The lowest BCUT2D eigenvalue weighted by molar-refractivity contribution is 0.0953. The van der Waals surface area contributed by atoms with E-state index in [9.17, 15) is 4.79 Å². The molecule has 0 unspecified atom stereocenters. The van der Waals surface area contributed by atoms with Crippen molar-refractivity contribution in [1.29, 1.82) is 0 Å². The molecule has 0 aromatic carbocycles. The highest BCUT2D eigenvalue weighted by Gasteiger charge is 2.41. The second kappa shape index (κ2) is 5.16. The van der Waals surface area contributed by atoms with Crippen LogP contribution in [0.15, 0.2) is 0 Å². The van der Waals surface area contributed by atoms with E-state index >= 15 is 0 Å². The third-order valence-electron chi connectivity index (χ3n) is 4.81. The van der Waals surface area contributed by atoms with Crippen LogP contribution in [0.2, 0.25) is 0 Å². The maximum Gasteiger partial charge on any atom is 0.258 e. The summed E-state index contributed by atoms with van der Waals surface area (Å²) < 4.78 is 4.16. The third-order valence-corrected chi connectivity index (χ3v) is 5.63. The molecule has 3 aliphatic carbocycles. The zero-order chi connectivity index (χ0) is 14.4. The molecule has 21 heavy (non-hydrogen) atoms. The number of nitrogens with one attached hydrogen (secondary N) is 2. The zero-order valence-corrected chi connectivity index (χ0v) is 12.9. The van der Waals surface area contributed by atoms with Gasteiger partial charge in [-0.2, -0.15) is 4.37 Å². The number of nitrogens with zero attached hydrogens (tertiary/aromatic N) is 1. The minimum atomic E-state index is -0.0688. The maximum atomic E-state index is 12.3. The van der Waals surface area contributed by atoms with Crippen molar-refractivity contribution < 1.29 is 4.79 Å². The van der Waals surface area contributed by atoms with Crippen molar-refractivity contribution in [2.24, 2.45) is 17.8 Å². The van der Waals surface area contributed by atoms with E-state index in [0.717, 1.165) is 42.1 Å². The van der Waals surface area contributed by atoms with Crippen LogP contribution >= 0.6 is 11.5 Å². The molecular formula is C15H22N4OS. The van der Waals surface area contributed by atoms with Crippen LogP contribution in [0.5, 0.6) is 0 Å². The molecule has 4 rings (SSSR count). The smallest absolute Gasteiger partial charge is 0.258 e. The molecule has 1 amide bonds. The Kier molecular flexibility index (Phi) is 3.28. The molecule has 114 valence electrons. The molecule has 0 radical (unpaired) electrons. The Bertz CT molecular complexity index is 534. The first-order valence-corrected chi connectivity index (χ1v) is 8.79. The summed E-state index contributed by atoms with van der Waals surface area (Å²) in [5.74, 6) is 2.86. The summed E-state index contributed by atoms with van der Waals surface area (Å²) in [6, 6.07) is 0.343. The van der Waals surface area contributed by atoms with Crippen LogP contribution < -0.4 is 16.4 Å². The predicted octanol–water partition coefficient (Wildman–Crippen LogP) is 2.47. The first-order valence-electron chi connectivity index (χ1n) is 8.02. The van der Waals surface area contributed by atoms with Crippen molar-refractivity contribution >= 4 is 28.3 Å². The average molecular weight is 306 g/mol. The van der Waals surface area contributed by atoms with Crippen molar-refractivity contribution in [3.63, 3.8) is 0 Å². The van der Waals surface area contributed by atoms with Gasteiger partial charge < -0.3 is 16.4 Å². The second-order valence-electron chi connectivity index (χ2n) is 6.74. The molecule has 1 aromatic heterocycles. The van der Waals surface area contributed by atoms with Gasteiger partial charge >= 0.3 is 0 Å². The van der Waals surface area contributed by atoms with Gasteiger partial charge in [0.25, 0.3) is 5.91 Å². The minimum Gasteiger partial charge on any atom is -0.382 e. The molecule has 1 aromatic rings. The van der Waals surface area contributed by atoms with Gasteiger partial charge in [-0.3, -0.25) is 4.79 Å². The SMILES string of the molecule is Nc1nsc(NCC(C2CC2)C2CC2)c1C(=O)NC1CC1. The number of hydrogen-bond donors (Lipinski definition) is 3. The fourth-order valence-electron chi connectivity index (χ4n) is 3.11.